The van der Waals surface area contributed by atoms with E-state index in [0.717, 1.165) is 17.0 Å². The SMILES string of the molecule is NC(=S)c1cc(F)ccc1NCc1csc(=O)[nH]1. The van der Waals surface area contributed by atoms with E-state index in [-0.39, 0.29) is 9.86 Å². The lowest BCUT2D eigenvalue weighted by molar-refractivity contribution is 0.627. The maximum absolute atomic E-state index is 13.1. The summed E-state index contributed by atoms with van der Waals surface area (Å²) in [6, 6.07) is 4.16. The Morgan fingerprint density at radius 2 is 2.33 bits per heavy atom. The van der Waals surface area contributed by atoms with Crippen LogP contribution in [0, 0.1) is 5.82 Å². The number of benzene rings is 1. The number of aromatic nitrogens is 1. The second-order valence-electron chi connectivity index (χ2n) is 3.58. The van der Waals surface area contributed by atoms with E-state index in [0.29, 0.717) is 17.8 Å². The van der Waals surface area contributed by atoms with Crippen LogP contribution in [0.5, 0.6) is 0 Å². The minimum Gasteiger partial charge on any atom is -0.389 e. The molecule has 0 bridgehead atoms. The molecule has 0 atom stereocenters. The van der Waals surface area contributed by atoms with Crippen LogP contribution in [0.4, 0.5) is 10.1 Å². The summed E-state index contributed by atoms with van der Waals surface area (Å²) in [6.07, 6.45) is 0. The van der Waals surface area contributed by atoms with Crippen LogP contribution >= 0.6 is 23.6 Å². The third-order valence-corrected chi connectivity index (χ3v) is 3.23. The number of H-pyrrole nitrogens is 1. The maximum atomic E-state index is 13.1. The third-order valence-electron chi connectivity index (χ3n) is 2.29. The molecule has 0 radical (unpaired) electrons. The van der Waals surface area contributed by atoms with Gasteiger partial charge in [-0.1, -0.05) is 23.6 Å². The number of halogens is 1. The summed E-state index contributed by atoms with van der Waals surface area (Å²) in [5.74, 6) is -0.396. The second-order valence-corrected chi connectivity index (χ2v) is 4.86. The van der Waals surface area contributed by atoms with Gasteiger partial charge < -0.3 is 16.0 Å². The number of hydrogen-bond acceptors (Lipinski definition) is 4. The fourth-order valence-electron chi connectivity index (χ4n) is 1.47. The predicted octanol–water partition coefficient (Wildman–Crippen LogP) is 1.82. The molecule has 0 spiro atoms. The first-order valence-electron chi connectivity index (χ1n) is 5.06. The van der Waals surface area contributed by atoms with Gasteiger partial charge in [0.25, 0.3) is 0 Å². The predicted molar refractivity (Wildman–Crippen MR) is 74.6 cm³/mol. The van der Waals surface area contributed by atoms with Gasteiger partial charge in [-0.15, -0.1) is 0 Å². The molecule has 1 aromatic heterocycles. The van der Waals surface area contributed by atoms with Crippen LogP contribution in [0.25, 0.3) is 0 Å². The second kappa shape index (κ2) is 5.28. The minimum atomic E-state index is -0.396. The molecular formula is C11H10FN3OS2. The number of aromatic amines is 1. The number of nitrogens with one attached hydrogen (secondary N) is 2. The third kappa shape index (κ3) is 2.93. The van der Waals surface area contributed by atoms with E-state index in [1.807, 2.05) is 0 Å². The van der Waals surface area contributed by atoms with Crippen LogP contribution in [0.2, 0.25) is 0 Å². The molecular weight excluding hydrogens is 273 g/mol. The van der Waals surface area contributed by atoms with E-state index in [2.05, 4.69) is 10.3 Å². The number of hydrogen-bond donors (Lipinski definition) is 3. The summed E-state index contributed by atoms with van der Waals surface area (Å²) in [5, 5.41) is 4.78. The monoisotopic (exact) mass is 283 g/mol. The zero-order valence-corrected chi connectivity index (χ0v) is 10.8. The summed E-state index contributed by atoms with van der Waals surface area (Å²) in [6.45, 7) is 0.417. The molecule has 0 saturated heterocycles. The molecule has 0 aliphatic carbocycles. The zero-order chi connectivity index (χ0) is 13.1. The van der Waals surface area contributed by atoms with E-state index in [9.17, 15) is 9.18 Å². The van der Waals surface area contributed by atoms with Gasteiger partial charge in [0.05, 0.1) is 6.54 Å². The Balaban J connectivity index is 2.18. The Kier molecular flexibility index (Phi) is 3.73. The minimum absolute atomic E-state index is 0.111. The van der Waals surface area contributed by atoms with Crippen molar-refractivity contribution in [1.29, 1.82) is 0 Å². The number of rotatable bonds is 4. The van der Waals surface area contributed by atoms with Crippen LogP contribution in [0.1, 0.15) is 11.3 Å². The van der Waals surface area contributed by atoms with Crippen molar-refractivity contribution < 1.29 is 4.39 Å². The summed E-state index contributed by atoms with van der Waals surface area (Å²) in [7, 11) is 0. The first-order chi connectivity index (χ1) is 8.56. The highest BCUT2D eigenvalue weighted by atomic mass is 32.1. The smallest absolute Gasteiger partial charge is 0.304 e. The van der Waals surface area contributed by atoms with Crippen molar-refractivity contribution in [1.82, 2.24) is 4.98 Å². The average Bonchev–Trinajstić information content (AvgIpc) is 2.73. The van der Waals surface area contributed by atoms with Crippen molar-refractivity contribution in [3.8, 4) is 0 Å². The van der Waals surface area contributed by atoms with Crippen molar-refractivity contribution in [2.24, 2.45) is 5.73 Å². The summed E-state index contributed by atoms with van der Waals surface area (Å²) in [5.41, 5.74) is 7.36. The molecule has 2 aromatic rings. The van der Waals surface area contributed by atoms with Gasteiger partial charge in [0.15, 0.2) is 0 Å². The van der Waals surface area contributed by atoms with Crippen molar-refractivity contribution >= 4 is 34.2 Å². The van der Waals surface area contributed by atoms with Gasteiger partial charge in [0.1, 0.15) is 10.8 Å². The Hall–Kier alpha value is -1.73. The van der Waals surface area contributed by atoms with Gasteiger partial charge in [-0.05, 0) is 18.2 Å². The van der Waals surface area contributed by atoms with Gasteiger partial charge >= 0.3 is 4.87 Å². The number of anilines is 1. The van der Waals surface area contributed by atoms with Crippen molar-refractivity contribution in [3.63, 3.8) is 0 Å². The molecule has 0 unspecified atom stereocenters. The average molecular weight is 283 g/mol. The fraction of sp³-hybridized carbons (Fsp3) is 0.0909. The Morgan fingerprint density at radius 1 is 1.56 bits per heavy atom. The lowest BCUT2D eigenvalue weighted by atomic mass is 10.1. The molecule has 4 N–H and O–H groups in total. The lowest BCUT2D eigenvalue weighted by Gasteiger charge is -2.10. The molecule has 7 heteroatoms. The van der Waals surface area contributed by atoms with Crippen LogP contribution in [-0.2, 0) is 6.54 Å². The number of thiocarbonyl (C=S) groups is 1. The molecule has 18 heavy (non-hydrogen) atoms. The molecule has 1 aromatic carbocycles. The summed E-state index contributed by atoms with van der Waals surface area (Å²) in [4.78, 5) is 13.6. The molecule has 0 saturated carbocycles. The maximum Gasteiger partial charge on any atom is 0.304 e. The topological polar surface area (TPSA) is 70.9 Å². The molecule has 1 heterocycles. The van der Waals surface area contributed by atoms with E-state index in [1.165, 1.54) is 12.1 Å². The van der Waals surface area contributed by atoms with Crippen LogP contribution < -0.4 is 15.9 Å². The first-order valence-corrected chi connectivity index (χ1v) is 6.35. The molecule has 0 amide bonds. The molecule has 94 valence electrons. The quantitative estimate of drug-likeness (QED) is 0.749. The van der Waals surface area contributed by atoms with Crippen molar-refractivity contribution in [3.05, 3.63) is 50.3 Å². The highest BCUT2D eigenvalue weighted by molar-refractivity contribution is 7.80. The largest absolute Gasteiger partial charge is 0.389 e. The van der Waals surface area contributed by atoms with Gasteiger partial charge in [-0.25, -0.2) is 4.39 Å². The van der Waals surface area contributed by atoms with Gasteiger partial charge in [-0.2, -0.15) is 0 Å². The highest BCUT2D eigenvalue weighted by Gasteiger charge is 2.07. The molecule has 0 aliphatic rings. The standard InChI is InChI=1S/C11H10FN3OS2/c12-6-1-2-9(8(3-6)10(13)17)14-4-7-5-18-11(16)15-7/h1-3,5,14H,4H2,(H2,13,17)(H,15,16). The van der Waals surface area contributed by atoms with E-state index >= 15 is 0 Å². The number of thiazole rings is 1. The van der Waals surface area contributed by atoms with Gasteiger partial charge in [0, 0.05) is 22.3 Å². The normalized spacial score (nSPS) is 10.3. The van der Waals surface area contributed by atoms with Gasteiger partial charge in [-0.3, -0.25) is 4.79 Å². The number of nitrogens with two attached hydrogens (primary N) is 1. The summed E-state index contributed by atoms with van der Waals surface area (Å²) >= 11 is 5.95. The zero-order valence-electron chi connectivity index (χ0n) is 9.20. The summed E-state index contributed by atoms with van der Waals surface area (Å²) < 4.78 is 13.1. The Labute approximate surface area is 112 Å². The Morgan fingerprint density at radius 3 is 2.94 bits per heavy atom. The highest BCUT2D eigenvalue weighted by Crippen LogP contribution is 2.17. The Bertz CT molecular complexity index is 635. The van der Waals surface area contributed by atoms with E-state index in [1.54, 1.807) is 11.4 Å². The molecule has 2 rings (SSSR count). The lowest BCUT2D eigenvalue weighted by Crippen LogP contribution is -2.14. The molecule has 0 fully saturated rings. The van der Waals surface area contributed by atoms with Gasteiger partial charge in [0.2, 0.25) is 0 Å². The van der Waals surface area contributed by atoms with E-state index in [4.69, 9.17) is 18.0 Å². The molecule has 0 aliphatic heterocycles. The van der Waals surface area contributed by atoms with Crippen LogP contribution in [0.3, 0.4) is 0 Å². The van der Waals surface area contributed by atoms with Crippen LogP contribution in [-0.4, -0.2) is 9.97 Å². The first kappa shape index (κ1) is 12.7. The van der Waals surface area contributed by atoms with E-state index < -0.39 is 5.82 Å². The van der Waals surface area contributed by atoms with Crippen molar-refractivity contribution in [2.75, 3.05) is 5.32 Å². The van der Waals surface area contributed by atoms with Crippen molar-refractivity contribution in [2.45, 2.75) is 6.54 Å². The fourth-order valence-corrected chi connectivity index (χ4v) is 2.22. The van der Waals surface area contributed by atoms with Crippen LogP contribution in [0.15, 0.2) is 28.4 Å². The molecule has 4 nitrogen and oxygen atoms in total.